The highest BCUT2D eigenvalue weighted by molar-refractivity contribution is 7.99. The summed E-state index contributed by atoms with van der Waals surface area (Å²) in [6.45, 7) is 3.88. The Morgan fingerprint density at radius 1 is 1.53 bits per heavy atom. The normalized spacial score (nSPS) is 10.4. The summed E-state index contributed by atoms with van der Waals surface area (Å²) >= 11 is 1.30. The maximum absolute atomic E-state index is 11.7. The summed E-state index contributed by atoms with van der Waals surface area (Å²) in [5.74, 6) is 0.302. The van der Waals surface area contributed by atoms with Crippen molar-refractivity contribution in [2.45, 2.75) is 23.9 Å². The Labute approximate surface area is 114 Å². The predicted octanol–water partition coefficient (Wildman–Crippen LogP) is 2.02. The minimum Gasteiger partial charge on any atom is -0.462 e. The molecular formula is C12H14N4O2S. The molecule has 2 aromatic rings. The molecule has 6 nitrogen and oxygen atoms in total. The van der Waals surface area contributed by atoms with Gasteiger partial charge in [0.25, 0.3) is 0 Å². The van der Waals surface area contributed by atoms with Crippen molar-refractivity contribution in [2.24, 2.45) is 0 Å². The molecule has 0 aliphatic heterocycles. The van der Waals surface area contributed by atoms with Crippen molar-refractivity contribution < 1.29 is 9.53 Å². The summed E-state index contributed by atoms with van der Waals surface area (Å²) in [6.07, 6.45) is 0. The highest BCUT2D eigenvalue weighted by Gasteiger charge is 2.15. The Morgan fingerprint density at radius 3 is 2.95 bits per heavy atom. The summed E-state index contributed by atoms with van der Waals surface area (Å²) in [7, 11) is 0. The van der Waals surface area contributed by atoms with Crippen LogP contribution in [0.4, 0.5) is 5.69 Å². The number of nitrogen functional groups attached to an aromatic ring is 1. The first-order valence-electron chi connectivity index (χ1n) is 5.74. The van der Waals surface area contributed by atoms with Crippen LogP contribution in [0.15, 0.2) is 28.3 Å². The number of hydrogen-bond acceptors (Lipinski definition) is 6. The molecule has 0 fully saturated rings. The van der Waals surface area contributed by atoms with Crippen LogP contribution in [0.5, 0.6) is 0 Å². The number of ether oxygens (including phenoxy) is 1. The van der Waals surface area contributed by atoms with Crippen molar-refractivity contribution in [3.8, 4) is 0 Å². The van der Waals surface area contributed by atoms with E-state index in [9.17, 15) is 4.79 Å². The minimum atomic E-state index is -0.423. The van der Waals surface area contributed by atoms with E-state index in [0.717, 1.165) is 10.7 Å². The van der Waals surface area contributed by atoms with Gasteiger partial charge in [0, 0.05) is 4.90 Å². The van der Waals surface area contributed by atoms with E-state index in [1.54, 1.807) is 19.1 Å². The Bertz CT molecular complexity index is 597. The average molecular weight is 278 g/mol. The van der Waals surface area contributed by atoms with Gasteiger partial charge in [0.05, 0.1) is 17.9 Å². The van der Waals surface area contributed by atoms with Gasteiger partial charge < -0.3 is 10.5 Å². The highest BCUT2D eigenvalue weighted by Crippen LogP contribution is 2.32. The molecule has 3 N–H and O–H groups in total. The lowest BCUT2D eigenvalue weighted by Gasteiger charge is -2.08. The number of para-hydroxylation sites is 1. The molecule has 0 spiro atoms. The molecule has 0 radical (unpaired) electrons. The molecule has 2 rings (SSSR count). The molecule has 0 saturated carbocycles. The molecular weight excluding hydrogens is 264 g/mol. The summed E-state index contributed by atoms with van der Waals surface area (Å²) < 4.78 is 4.95. The van der Waals surface area contributed by atoms with Gasteiger partial charge in [-0.1, -0.05) is 6.07 Å². The molecule has 0 aliphatic carbocycles. The van der Waals surface area contributed by atoms with E-state index >= 15 is 0 Å². The van der Waals surface area contributed by atoms with Crippen LogP contribution in [0.2, 0.25) is 0 Å². The third kappa shape index (κ3) is 3.05. The van der Waals surface area contributed by atoms with Gasteiger partial charge in [0.1, 0.15) is 5.82 Å². The molecule has 0 unspecified atom stereocenters. The van der Waals surface area contributed by atoms with Gasteiger partial charge in [-0.15, -0.1) is 5.10 Å². The number of hydrogen-bond donors (Lipinski definition) is 2. The third-order valence-electron chi connectivity index (χ3n) is 2.34. The lowest BCUT2D eigenvalue weighted by molar-refractivity contribution is 0.0527. The van der Waals surface area contributed by atoms with E-state index in [4.69, 9.17) is 10.5 Å². The second kappa shape index (κ2) is 5.75. The first kappa shape index (κ1) is 13.4. The number of anilines is 1. The number of aromatic nitrogens is 3. The fourth-order valence-electron chi connectivity index (χ4n) is 1.49. The second-order valence-corrected chi connectivity index (χ2v) is 4.75. The lowest BCUT2D eigenvalue weighted by Crippen LogP contribution is -2.08. The van der Waals surface area contributed by atoms with Crippen LogP contribution in [-0.2, 0) is 4.74 Å². The molecule has 1 aromatic heterocycles. The summed E-state index contributed by atoms with van der Waals surface area (Å²) in [5, 5.41) is 7.33. The summed E-state index contributed by atoms with van der Waals surface area (Å²) in [6, 6.07) is 5.21. The summed E-state index contributed by atoms with van der Waals surface area (Å²) in [5.41, 5.74) is 6.72. The number of aromatic amines is 1. The van der Waals surface area contributed by atoms with Crippen LogP contribution >= 0.6 is 11.8 Å². The zero-order valence-corrected chi connectivity index (χ0v) is 11.5. The first-order chi connectivity index (χ1) is 9.11. The zero-order chi connectivity index (χ0) is 13.8. The van der Waals surface area contributed by atoms with Gasteiger partial charge >= 0.3 is 5.97 Å². The van der Waals surface area contributed by atoms with Crippen LogP contribution in [0.1, 0.15) is 23.1 Å². The molecule has 1 heterocycles. The van der Waals surface area contributed by atoms with Crippen LogP contribution in [0.3, 0.4) is 0 Å². The van der Waals surface area contributed by atoms with Crippen LogP contribution in [0.25, 0.3) is 0 Å². The minimum absolute atomic E-state index is 0.315. The SMILES string of the molecule is CCOC(=O)c1cccc(Sc2n[nH]c(C)n2)c1N. The zero-order valence-electron chi connectivity index (χ0n) is 10.6. The topological polar surface area (TPSA) is 93.9 Å². The van der Waals surface area contributed by atoms with Crippen molar-refractivity contribution in [3.05, 3.63) is 29.6 Å². The molecule has 0 saturated heterocycles. The fourth-order valence-corrected chi connectivity index (χ4v) is 2.32. The summed E-state index contributed by atoms with van der Waals surface area (Å²) in [4.78, 5) is 16.6. The van der Waals surface area contributed by atoms with Gasteiger partial charge in [-0.25, -0.2) is 9.78 Å². The standard InChI is InChI=1S/C12H14N4O2S/c1-3-18-11(17)8-5-4-6-9(10(8)13)19-12-14-7(2)15-16-12/h4-6H,3,13H2,1-2H3,(H,14,15,16). The number of carbonyl (C=O) groups is 1. The van der Waals surface area contributed by atoms with Crippen LogP contribution in [-0.4, -0.2) is 27.8 Å². The van der Waals surface area contributed by atoms with Crippen LogP contribution in [0, 0.1) is 6.92 Å². The van der Waals surface area contributed by atoms with Gasteiger partial charge in [0.15, 0.2) is 0 Å². The number of H-pyrrole nitrogens is 1. The van der Waals surface area contributed by atoms with Gasteiger partial charge in [-0.3, -0.25) is 5.10 Å². The second-order valence-electron chi connectivity index (χ2n) is 3.74. The van der Waals surface area contributed by atoms with E-state index in [1.165, 1.54) is 11.8 Å². The van der Waals surface area contributed by atoms with Crippen molar-refractivity contribution in [1.29, 1.82) is 0 Å². The largest absolute Gasteiger partial charge is 0.462 e. The van der Waals surface area contributed by atoms with Gasteiger partial charge in [0.2, 0.25) is 5.16 Å². The number of benzene rings is 1. The van der Waals surface area contributed by atoms with Crippen molar-refractivity contribution >= 4 is 23.4 Å². The molecule has 0 aliphatic rings. The van der Waals surface area contributed by atoms with Crippen molar-refractivity contribution in [2.75, 3.05) is 12.3 Å². The molecule has 0 bridgehead atoms. The Morgan fingerprint density at radius 2 is 2.32 bits per heavy atom. The average Bonchev–Trinajstić information content (AvgIpc) is 2.78. The molecule has 19 heavy (non-hydrogen) atoms. The molecule has 0 amide bonds. The van der Waals surface area contributed by atoms with Crippen LogP contribution < -0.4 is 5.73 Å². The molecule has 0 atom stereocenters. The van der Waals surface area contributed by atoms with E-state index in [-0.39, 0.29) is 0 Å². The number of nitrogens with one attached hydrogen (secondary N) is 1. The molecule has 1 aromatic carbocycles. The number of carbonyl (C=O) groups excluding carboxylic acids is 1. The smallest absolute Gasteiger partial charge is 0.340 e. The number of nitrogens with two attached hydrogens (primary N) is 1. The molecule has 100 valence electrons. The third-order valence-corrected chi connectivity index (χ3v) is 3.28. The van der Waals surface area contributed by atoms with E-state index in [0.29, 0.717) is 23.0 Å². The van der Waals surface area contributed by atoms with E-state index in [2.05, 4.69) is 15.2 Å². The maximum atomic E-state index is 11.7. The van der Waals surface area contributed by atoms with Crippen molar-refractivity contribution in [1.82, 2.24) is 15.2 Å². The highest BCUT2D eigenvalue weighted by atomic mass is 32.2. The Hall–Kier alpha value is -2.02. The number of esters is 1. The van der Waals surface area contributed by atoms with Crippen molar-refractivity contribution in [3.63, 3.8) is 0 Å². The molecule has 7 heteroatoms. The quantitative estimate of drug-likeness (QED) is 0.656. The van der Waals surface area contributed by atoms with E-state index in [1.807, 2.05) is 13.0 Å². The maximum Gasteiger partial charge on any atom is 0.340 e. The number of rotatable bonds is 4. The first-order valence-corrected chi connectivity index (χ1v) is 6.56. The Balaban J connectivity index is 2.27. The van der Waals surface area contributed by atoms with E-state index < -0.39 is 5.97 Å². The number of aryl methyl sites for hydroxylation is 1. The Kier molecular flexibility index (Phi) is 4.06. The monoisotopic (exact) mass is 278 g/mol. The van der Waals surface area contributed by atoms with Gasteiger partial charge in [-0.2, -0.15) is 0 Å². The fraction of sp³-hybridized carbons (Fsp3) is 0.250. The predicted molar refractivity (Wildman–Crippen MR) is 72.1 cm³/mol. The number of nitrogens with zero attached hydrogens (tertiary/aromatic N) is 2. The van der Waals surface area contributed by atoms with Gasteiger partial charge in [-0.05, 0) is 37.7 Å². The lowest BCUT2D eigenvalue weighted by atomic mass is 10.2.